The fourth-order valence-electron chi connectivity index (χ4n) is 5.02. The molecule has 0 bridgehead atoms. The molecule has 0 radical (unpaired) electrons. The third kappa shape index (κ3) is 7.90. The van der Waals surface area contributed by atoms with Gasteiger partial charge in [-0.3, -0.25) is 4.79 Å². The van der Waals surface area contributed by atoms with Crippen LogP contribution in [0.15, 0.2) is 85.2 Å². The molecule has 0 amide bonds. The summed E-state index contributed by atoms with van der Waals surface area (Å²) in [6, 6.07) is 18.9. The van der Waals surface area contributed by atoms with E-state index in [2.05, 4.69) is 94.7 Å². The number of carbonyl (C=O) groups is 2. The first-order chi connectivity index (χ1) is 19.0. The van der Waals surface area contributed by atoms with E-state index >= 15 is 0 Å². The van der Waals surface area contributed by atoms with E-state index in [-0.39, 0.29) is 12.8 Å². The number of hydrogen-bond donors (Lipinski definition) is 1. The van der Waals surface area contributed by atoms with Crippen LogP contribution in [-0.4, -0.2) is 23.6 Å². The highest BCUT2D eigenvalue weighted by atomic mass is 16.4. The Morgan fingerprint density at radius 3 is 2.51 bits per heavy atom. The van der Waals surface area contributed by atoms with Gasteiger partial charge in [-0.25, -0.2) is 0 Å². The number of rotatable bonds is 14. The van der Waals surface area contributed by atoms with E-state index in [1.54, 1.807) is 0 Å². The van der Waals surface area contributed by atoms with Gasteiger partial charge in [0.25, 0.3) is 0 Å². The number of benzene rings is 2. The zero-order valence-corrected chi connectivity index (χ0v) is 22.3. The van der Waals surface area contributed by atoms with E-state index in [9.17, 15) is 14.7 Å². The predicted molar refractivity (Wildman–Crippen MR) is 154 cm³/mol. The Bertz CT molecular complexity index is 1390. The predicted octanol–water partition coefficient (Wildman–Crippen LogP) is 5.51. The van der Waals surface area contributed by atoms with Crippen LogP contribution >= 0.6 is 0 Å². The molecule has 1 aliphatic rings. The first-order valence-electron chi connectivity index (χ1n) is 13.8. The van der Waals surface area contributed by atoms with Crippen LogP contribution in [0.3, 0.4) is 0 Å². The minimum atomic E-state index is -0.978. The molecule has 0 unspecified atom stereocenters. The Hall–Kier alpha value is -4.19. The molecule has 0 spiro atoms. The standard InChI is InChI=1S/C33H36N2O4/c36-32(37)18-3-1-9-22-34-24-20-26(28-14-5-7-16-30(28)34)12-11-13-27-21-25-35(23-10-2-4-19-33(38)39)31-17-8-6-15-29(27)31/h5-8,11-17,20-21,24-25H,1-4,9-10,18-19,22-23H2,(H-,36,37,38,39). The average molecular weight is 525 g/mol. The fraction of sp³-hybridized carbons (Fsp3) is 0.303. The number of pyridine rings is 1. The van der Waals surface area contributed by atoms with E-state index in [4.69, 9.17) is 5.11 Å². The smallest absolute Gasteiger partial charge is 0.303 e. The van der Waals surface area contributed by atoms with Gasteiger partial charge >= 0.3 is 5.97 Å². The zero-order valence-electron chi connectivity index (χ0n) is 22.3. The average Bonchev–Trinajstić information content (AvgIpc) is 2.94. The van der Waals surface area contributed by atoms with Crippen molar-refractivity contribution in [1.82, 2.24) is 0 Å². The van der Waals surface area contributed by atoms with Gasteiger partial charge in [0.15, 0.2) is 6.20 Å². The molecule has 39 heavy (non-hydrogen) atoms. The van der Waals surface area contributed by atoms with Crippen LogP contribution in [0.25, 0.3) is 22.6 Å². The van der Waals surface area contributed by atoms with Crippen molar-refractivity contribution in [2.24, 2.45) is 0 Å². The monoisotopic (exact) mass is 524 g/mol. The number of nitrogens with zero attached hydrogens (tertiary/aromatic N) is 2. The lowest BCUT2D eigenvalue weighted by atomic mass is 9.99. The molecule has 1 aromatic heterocycles. The van der Waals surface area contributed by atoms with Crippen molar-refractivity contribution < 1.29 is 24.4 Å². The molecule has 202 valence electrons. The van der Waals surface area contributed by atoms with E-state index in [1.165, 1.54) is 16.6 Å². The Morgan fingerprint density at radius 1 is 0.897 bits per heavy atom. The second-order valence-electron chi connectivity index (χ2n) is 9.88. The summed E-state index contributed by atoms with van der Waals surface area (Å²) in [7, 11) is 0. The van der Waals surface area contributed by atoms with Crippen molar-refractivity contribution in [1.29, 1.82) is 0 Å². The molecule has 0 fully saturated rings. The number of unbranched alkanes of at least 4 members (excludes halogenated alkanes) is 4. The van der Waals surface area contributed by atoms with Crippen molar-refractivity contribution >= 4 is 40.2 Å². The van der Waals surface area contributed by atoms with Crippen molar-refractivity contribution in [3.05, 3.63) is 96.3 Å². The number of carboxylic acids is 2. The maximum absolute atomic E-state index is 10.7. The number of carbonyl (C=O) groups excluding carboxylic acids is 1. The van der Waals surface area contributed by atoms with Gasteiger partial charge in [0.05, 0.1) is 5.39 Å². The lowest BCUT2D eigenvalue weighted by molar-refractivity contribution is -0.671. The van der Waals surface area contributed by atoms with E-state index in [0.717, 1.165) is 55.4 Å². The van der Waals surface area contributed by atoms with Gasteiger partial charge in [-0.05, 0) is 61.4 Å². The Kier molecular flexibility index (Phi) is 10.1. The number of para-hydroxylation sites is 2. The lowest BCUT2D eigenvalue weighted by Crippen LogP contribution is -2.34. The Labute approximate surface area is 230 Å². The summed E-state index contributed by atoms with van der Waals surface area (Å²) in [6.07, 6.45) is 18.1. The Morgan fingerprint density at radius 2 is 1.67 bits per heavy atom. The van der Waals surface area contributed by atoms with Crippen LogP contribution in [-0.2, 0) is 16.1 Å². The molecule has 6 heteroatoms. The summed E-state index contributed by atoms with van der Waals surface area (Å²) < 4.78 is 2.24. The summed E-state index contributed by atoms with van der Waals surface area (Å²) in [4.78, 5) is 23.6. The molecular formula is C33H36N2O4. The van der Waals surface area contributed by atoms with Gasteiger partial charge in [-0.2, -0.15) is 4.57 Å². The van der Waals surface area contributed by atoms with Crippen LogP contribution in [0.2, 0.25) is 0 Å². The minimum Gasteiger partial charge on any atom is -0.550 e. The number of fused-ring (bicyclic) bond motifs is 2. The molecule has 2 aromatic carbocycles. The number of aromatic nitrogens is 1. The van der Waals surface area contributed by atoms with Crippen molar-refractivity contribution in [2.45, 2.75) is 57.9 Å². The number of allylic oxidation sites excluding steroid dienone is 4. The zero-order chi connectivity index (χ0) is 27.5. The lowest BCUT2D eigenvalue weighted by Gasteiger charge is -2.27. The summed E-state index contributed by atoms with van der Waals surface area (Å²) in [5.74, 6) is -1.71. The molecule has 0 atom stereocenters. The molecule has 1 N–H and O–H groups in total. The molecule has 3 aromatic rings. The highest BCUT2D eigenvalue weighted by Gasteiger charge is 2.15. The number of aliphatic carboxylic acids is 2. The second-order valence-corrected chi connectivity index (χ2v) is 9.88. The van der Waals surface area contributed by atoms with Crippen LogP contribution < -0.4 is 14.6 Å². The SMILES string of the molecule is O=C([O-])CCCCC[n+]1ccc(C=CC=C2C=CN(CCCCCC(=O)O)c3ccccc32)c2ccccc21. The van der Waals surface area contributed by atoms with Gasteiger partial charge in [-0.15, -0.1) is 0 Å². The quantitative estimate of drug-likeness (QED) is 0.222. The number of carboxylic acid groups (broad SMARTS) is 2. The maximum Gasteiger partial charge on any atom is 0.303 e. The molecule has 0 aliphatic carbocycles. The van der Waals surface area contributed by atoms with Crippen LogP contribution in [0.4, 0.5) is 5.69 Å². The van der Waals surface area contributed by atoms with Crippen LogP contribution in [0.5, 0.6) is 0 Å². The molecular weight excluding hydrogens is 488 g/mol. The first-order valence-corrected chi connectivity index (χ1v) is 13.8. The normalized spacial score (nSPS) is 13.8. The molecule has 4 rings (SSSR count). The highest BCUT2D eigenvalue weighted by Crippen LogP contribution is 2.33. The Balaban J connectivity index is 1.44. The minimum absolute atomic E-state index is 0.122. The first kappa shape index (κ1) is 27.8. The van der Waals surface area contributed by atoms with Crippen LogP contribution in [0.1, 0.15) is 62.5 Å². The second kappa shape index (κ2) is 14.1. The van der Waals surface area contributed by atoms with Gasteiger partial charge in [-0.1, -0.05) is 55.0 Å². The molecule has 6 nitrogen and oxygen atoms in total. The molecule has 2 heterocycles. The summed E-state index contributed by atoms with van der Waals surface area (Å²) >= 11 is 0. The topological polar surface area (TPSA) is 84.5 Å². The maximum atomic E-state index is 10.7. The van der Waals surface area contributed by atoms with Crippen molar-refractivity contribution in [2.75, 3.05) is 11.4 Å². The summed E-state index contributed by atoms with van der Waals surface area (Å²) in [5, 5.41) is 20.7. The highest BCUT2D eigenvalue weighted by molar-refractivity contribution is 5.89. The van der Waals surface area contributed by atoms with E-state index in [0.29, 0.717) is 12.8 Å². The molecule has 1 aliphatic heterocycles. The third-order valence-corrected chi connectivity index (χ3v) is 7.04. The van der Waals surface area contributed by atoms with Crippen LogP contribution in [0, 0.1) is 0 Å². The molecule has 0 saturated carbocycles. The number of aryl methyl sites for hydroxylation is 1. The van der Waals surface area contributed by atoms with E-state index in [1.807, 2.05) is 6.07 Å². The summed E-state index contributed by atoms with van der Waals surface area (Å²) in [6.45, 7) is 1.71. The van der Waals surface area contributed by atoms with Gasteiger partial charge in [0, 0.05) is 54.9 Å². The molecule has 0 saturated heterocycles. The number of anilines is 1. The van der Waals surface area contributed by atoms with Crippen molar-refractivity contribution in [3.8, 4) is 0 Å². The van der Waals surface area contributed by atoms with Gasteiger partial charge in [0.1, 0.15) is 6.54 Å². The largest absolute Gasteiger partial charge is 0.550 e. The van der Waals surface area contributed by atoms with Crippen molar-refractivity contribution in [3.63, 3.8) is 0 Å². The van der Waals surface area contributed by atoms with E-state index < -0.39 is 11.9 Å². The fourth-order valence-corrected chi connectivity index (χ4v) is 5.02. The summed E-state index contributed by atoms with van der Waals surface area (Å²) in [5.41, 5.74) is 5.81. The van der Waals surface area contributed by atoms with Gasteiger partial charge in [0.2, 0.25) is 5.52 Å². The van der Waals surface area contributed by atoms with Gasteiger partial charge < -0.3 is 19.9 Å². The number of hydrogen-bond acceptors (Lipinski definition) is 4. The third-order valence-electron chi connectivity index (χ3n) is 7.04.